The van der Waals surface area contributed by atoms with Gasteiger partial charge in [-0.05, 0) is 30.2 Å². The van der Waals surface area contributed by atoms with E-state index in [2.05, 4.69) is 5.32 Å². The van der Waals surface area contributed by atoms with Crippen LogP contribution in [0.4, 0.5) is 18.9 Å². The number of rotatable bonds is 8. The summed E-state index contributed by atoms with van der Waals surface area (Å²) < 4.78 is 45.4. The molecule has 0 aliphatic rings. The predicted molar refractivity (Wildman–Crippen MR) is 102 cm³/mol. The Morgan fingerprint density at radius 3 is 2.52 bits per heavy atom. The lowest BCUT2D eigenvalue weighted by Gasteiger charge is -2.16. The number of alkyl halides is 3. The summed E-state index contributed by atoms with van der Waals surface area (Å²) in [6, 6.07) is 13.2. The smallest absolute Gasteiger partial charge is 0.367 e. The van der Waals surface area contributed by atoms with E-state index in [1.807, 2.05) is 44.2 Å². The lowest BCUT2D eigenvalue weighted by molar-refractivity contribution is -0.137. The molecule has 1 atom stereocenters. The van der Waals surface area contributed by atoms with Crippen molar-refractivity contribution in [3.63, 3.8) is 0 Å². The van der Waals surface area contributed by atoms with Crippen molar-refractivity contribution in [2.75, 3.05) is 11.9 Å². The molecule has 1 amide bonds. The summed E-state index contributed by atoms with van der Waals surface area (Å²) in [5, 5.41) is 2.51. The molecule has 1 N–H and O–H groups in total. The van der Waals surface area contributed by atoms with Crippen LogP contribution in [0.15, 0.2) is 53.4 Å². The third-order valence-electron chi connectivity index (χ3n) is 3.83. The number of nitrogens with one attached hydrogen (secondary N) is 1. The van der Waals surface area contributed by atoms with Gasteiger partial charge in [0.15, 0.2) is 0 Å². The van der Waals surface area contributed by atoms with Crippen LogP contribution in [0, 0.1) is 0 Å². The fourth-order valence-corrected chi connectivity index (χ4v) is 3.24. The maximum Gasteiger partial charge on any atom is 0.418 e. The van der Waals surface area contributed by atoms with Crippen molar-refractivity contribution in [3.05, 3.63) is 59.7 Å². The number of anilines is 1. The maximum atomic E-state index is 13.4. The van der Waals surface area contributed by atoms with Crippen molar-refractivity contribution >= 4 is 23.4 Å². The highest BCUT2D eigenvalue weighted by atomic mass is 32.2. The van der Waals surface area contributed by atoms with E-state index in [9.17, 15) is 18.0 Å². The fourth-order valence-electron chi connectivity index (χ4n) is 2.28. The zero-order valence-electron chi connectivity index (χ0n) is 15.2. The van der Waals surface area contributed by atoms with E-state index in [1.54, 1.807) is 6.07 Å². The molecule has 0 fully saturated rings. The van der Waals surface area contributed by atoms with Crippen LogP contribution >= 0.6 is 11.8 Å². The van der Waals surface area contributed by atoms with E-state index in [0.717, 1.165) is 18.1 Å². The van der Waals surface area contributed by atoms with Crippen molar-refractivity contribution in [3.8, 4) is 0 Å². The molecule has 1 unspecified atom stereocenters. The molecule has 0 aliphatic carbocycles. The van der Waals surface area contributed by atoms with E-state index in [1.165, 1.54) is 17.8 Å². The van der Waals surface area contributed by atoms with Crippen molar-refractivity contribution in [1.29, 1.82) is 0 Å². The van der Waals surface area contributed by atoms with E-state index in [-0.39, 0.29) is 24.2 Å². The number of hydrogen-bond acceptors (Lipinski definition) is 3. The van der Waals surface area contributed by atoms with Crippen LogP contribution in [-0.4, -0.2) is 17.8 Å². The van der Waals surface area contributed by atoms with Crippen LogP contribution in [0.5, 0.6) is 0 Å². The first-order chi connectivity index (χ1) is 12.8. The van der Waals surface area contributed by atoms with Crippen LogP contribution in [0.2, 0.25) is 0 Å². The molecule has 2 aromatic rings. The summed E-state index contributed by atoms with van der Waals surface area (Å²) in [6.07, 6.45) is -3.71. The summed E-state index contributed by atoms with van der Waals surface area (Å²) in [5.41, 5.74) is -0.232. The Bertz CT molecular complexity index is 751. The number of halogens is 3. The molecular formula is C20H22F3NO2S. The first-order valence-corrected chi connectivity index (χ1v) is 9.47. The van der Waals surface area contributed by atoms with Crippen molar-refractivity contribution < 1.29 is 22.7 Å². The third-order valence-corrected chi connectivity index (χ3v) is 5.09. The Morgan fingerprint density at radius 2 is 1.89 bits per heavy atom. The summed E-state index contributed by atoms with van der Waals surface area (Å²) in [6.45, 7) is 3.82. The molecule has 0 aliphatic heterocycles. The second-order valence-electron chi connectivity index (χ2n) is 6.07. The Morgan fingerprint density at radius 1 is 1.19 bits per heavy atom. The summed E-state index contributed by atoms with van der Waals surface area (Å²) in [5.74, 6) is -0.626. The highest BCUT2D eigenvalue weighted by Crippen LogP contribution is 2.38. The van der Waals surface area contributed by atoms with Gasteiger partial charge in [-0.25, -0.2) is 0 Å². The zero-order chi connectivity index (χ0) is 19.9. The van der Waals surface area contributed by atoms with Gasteiger partial charge in [-0.1, -0.05) is 44.2 Å². The van der Waals surface area contributed by atoms with Crippen molar-refractivity contribution in [1.82, 2.24) is 0 Å². The van der Waals surface area contributed by atoms with Crippen LogP contribution in [0.3, 0.4) is 0 Å². The predicted octanol–water partition coefficient (Wildman–Crippen LogP) is 5.75. The molecule has 7 heteroatoms. The topological polar surface area (TPSA) is 38.3 Å². The zero-order valence-corrected chi connectivity index (χ0v) is 16.0. The summed E-state index contributed by atoms with van der Waals surface area (Å²) in [4.78, 5) is 12.5. The molecule has 2 aromatic carbocycles. The first-order valence-electron chi connectivity index (χ1n) is 8.59. The number of thioether (sulfide) groups is 1. The number of amides is 1. The van der Waals surface area contributed by atoms with Gasteiger partial charge < -0.3 is 10.1 Å². The summed E-state index contributed by atoms with van der Waals surface area (Å²) >= 11 is 1.38. The molecule has 2 rings (SSSR count). The van der Waals surface area contributed by atoms with Gasteiger partial charge in [0.25, 0.3) is 0 Å². The minimum absolute atomic E-state index is 0.206. The van der Waals surface area contributed by atoms with Crippen molar-refractivity contribution in [2.24, 2.45) is 0 Å². The number of ether oxygens (including phenoxy) is 1. The highest BCUT2D eigenvalue weighted by molar-refractivity contribution is 7.99. The number of carbonyl (C=O) groups is 1. The molecule has 0 aromatic heterocycles. The molecule has 0 saturated heterocycles. The Hall–Kier alpha value is -1.99. The number of hydrogen-bond donors (Lipinski definition) is 1. The van der Waals surface area contributed by atoms with Gasteiger partial charge in [-0.2, -0.15) is 13.2 Å². The molecule has 146 valence electrons. The second-order valence-corrected chi connectivity index (χ2v) is 7.58. The lowest BCUT2D eigenvalue weighted by atomic mass is 10.1. The Labute approximate surface area is 161 Å². The van der Waals surface area contributed by atoms with Gasteiger partial charge in [0.05, 0.1) is 17.9 Å². The number of benzene rings is 2. The fraction of sp³-hybridized carbons (Fsp3) is 0.350. The van der Waals surface area contributed by atoms with E-state index >= 15 is 0 Å². The minimum Gasteiger partial charge on any atom is -0.367 e. The quantitative estimate of drug-likeness (QED) is 0.576. The van der Waals surface area contributed by atoms with Crippen LogP contribution < -0.4 is 5.32 Å². The standard InChI is InChI=1S/C20H22F3NO2S/c1-3-14(2)27-16-9-10-18(17(11-16)20(21,22)23)24-19(25)13-26-12-15-7-5-4-6-8-15/h4-11,14H,3,12-13H2,1-2H3,(H,24,25). The van der Waals surface area contributed by atoms with Gasteiger partial charge in [0, 0.05) is 10.1 Å². The molecule has 0 bridgehead atoms. The van der Waals surface area contributed by atoms with Gasteiger partial charge >= 0.3 is 6.18 Å². The van der Waals surface area contributed by atoms with Gasteiger partial charge in [0.1, 0.15) is 6.61 Å². The highest BCUT2D eigenvalue weighted by Gasteiger charge is 2.34. The maximum absolute atomic E-state index is 13.4. The second kappa shape index (κ2) is 9.80. The Balaban J connectivity index is 2.02. The van der Waals surface area contributed by atoms with E-state index in [0.29, 0.717) is 4.90 Å². The average Bonchev–Trinajstić information content (AvgIpc) is 2.63. The van der Waals surface area contributed by atoms with E-state index in [4.69, 9.17) is 4.74 Å². The molecular weight excluding hydrogens is 375 g/mol. The minimum atomic E-state index is -4.56. The van der Waals surface area contributed by atoms with Crippen LogP contribution in [0.1, 0.15) is 31.4 Å². The van der Waals surface area contributed by atoms with Gasteiger partial charge in [-0.15, -0.1) is 11.8 Å². The van der Waals surface area contributed by atoms with Crippen LogP contribution in [-0.2, 0) is 22.3 Å². The van der Waals surface area contributed by atoms with Gasteiger partial charge in [0.2, 0.25) is 5.91 Å². The Kier molecular flexibility index (Phi) is 7.74. The molecule has 0 heterocycles. The SMILES string of the molecule is CCC(C)Sc1ccc(NC(=O)COCc2ccccc2)c(C(F)(F)F)c1. The number of carbonyl (C=O) groups excluding carboxylic acids is 1. The normalized spacial score (nSPS) is 12.6. The largest absolute Gasteiger partial charge is 0.418 e. The molecule has 3 nitrogen and oxygen atoms in total. The molecule has 0 saturated carbocycles. The molecule has 0 radical (unpaired) electrons. The third kappa shape index (κ3) is 6.92. The van der Waals surface area contributed by atoms with Gasteiger partial charge in [-0.3, -0.25) is 4.79 Å². The lowest BCUT2D eigenvalue weighted by Crippen LogP contribution is -2.21. The van der Waals surface area contributed by atoms with Crippen molar-refractivity contribution in [2.45, 2.75) is 43.2 Å². The first kappa shape index (κ1) is 21.3. The monoisotopic (exact) mass is 397 g/mol. The van der Waals surface area contributed by atoms with Crippen LogP contribution in [0.25, 0.3) is 0 Å². The molecule has 27 heavy (non-hydrogen) atoms. The molecule has 0 spiro atoms. The summed E-state index contributed by atoms with van der Waals surface area (Å²) in [7, 11) is 0. The van der Waals surface area contributed by atoms with E-state index < -0.39 is 17.6 Å². The average molecular weight is 397 g/mol.